The van der Waals surface area contributed by atoms with Crippen molar-refractivity contribution in [2.45, 2.75) is 45.8 Å². The summed E-state index contributed by atoms with van der Waals surface area (Å²) >= 11 is 12.2. The van der Waals surface area contributed by atoms with Crippen LogP contribution in [0.5, 0.6) is 5.75 Å². The molecule has 0 radical (unpaired) electrons. The molecule has 1 atom stereocenters. The SMILES string of the molecule is Cc1ccccc1CN(C(=O)COc1ccc(Cl)cc1Cl)[C@H](Cc1ccccc1)C(=O)NC(C)C. The Morgan fingerprint density at radius 2 is 1.66 bits per heavy atom. The summed E-state index contributed by atoms with van der Waals surface area (Å²) in [4.78, 5) is 28.5. The van der Waals surface area contributed by atoms with Gasteiger partial charge in [0.2, 0.25) is 5.91 Å². The third kappa shape index (κ3) is 7.74. The van der Waals surface area contributed by atoms with E-state index in [0.717, 1.165) is 16.7 Å². The summed E-state index contributed by atoms with van der Waals surface area (Å²) in [7, 11) is 0. The van der Waals surface area contributed by atoms with Crippen LogP contribution in [-0.4, -0.2) is 35.4 Å². The van der Waals surface area contributed by atoms with E-state index in [0.29, 0.717) is 22.2 Å². The van der Waals surface area contributed by atoms with E-state index in [1.54, 1.807) is 23.1 Å². The van der Waals surface area contributed by atoms with Gasteiger partial charge in [-0.15, -0.1) is 0 Å². The molecule has 7 heteroatoms. The lowest BCUT2D eigenvalue weighted by Crippen LogP contribution is -2.52. The second-order valence-electron chi connectivity index (χ2n) is 8.68. The number of carbonyl (C=O) groups is 2. The number of aryl methyl sites for hydroxylation is 1. The van der Waals surface area contributed by atoms with Crippen LogP contribution >= 0.6 is 23.2 Å². The molecule has 1 N–H and O–H groups in total. The maximum Gasteiger partial charge on any atom is 0.261 e. The molecule has 3 aromatic rings. The molecule has 0 saturated heterocycles. The van der Waals surface area contributed by atoms with Gasteiger partial charge in [0, 0.05) is 24.0 Å². The number of amides is 2. The van der Waals surface area contributed by atoms with Gasteiger partial charge in [-0.3, -0.25) is 9.59 Å². The summed E-state index contributed by atoms with van der Waals surface area (Å²) in [6, 6.07) is 21.5. The van der Waals surface area contributed by atoms with Gasteiger partial charge in [0.15, 0.2) is 6.61 Å². The first-order chi connectivity index (χ1) is 16.7. The summed E-state index contributed by atoms with van der Waals surface area (Å²) in [6.45, 7) is 5.79. The second kappa shape index (κ2) is 12.6. The Morgan fingerprint density at radius 3 is 2.31 bits per heavy atom. The fourth-order valence-corrected chi connectivity index (χ4v) is 4.18. The minimum absolute atomic E-state index is 0.0692. The molecule has 0 aromatic heterocycles. The number of rotatable bonds is 10. The molecule has 0 aliphatic heterocycles. The minimum Gasteiger partial charge on any atom is -0.482 e. The average molecular weight is 513 g/mol. The van der Waals surface area contributed by atoms with Crippen LogP contribution in [0.4, 0.5) is 0 Å². The largest absolute Gasteiger partial charge is 0.482 e. The molecule has 0 heterocycles. The highest BCUT2D eigenvalue weighted by Gasteiger charge is 2.31. The Morgan fingerprint density at radius 1 is 0.971 bits per heavy atom. The van der Waals surface area contributed by atoms with E-state index in [4.69, 9.17) is 27.9 Å². The van der Waals surface area contributed by atoms with Crippen LogP contribution in [0, 0.1) is 6.92 Å². The van der Waals surface area contributed by atoms with E-state index in [9.17, 15) is 9.59 Å². The molecule has 3 aromatic carbocycles. The molecular weight excluding hydrogens is 483 g/mol. The Balaban J connectivity index is 1.93. The Labute approximate surface area is 217 Å². The third-order valence-electron chi connectivity index (χ3n) is 5.55. The highest BCUT2D eigenvalue weighted by atomic mass is 35.5. The fourth-order valence-electron chi connectivity index (χ4n) is 3.72. The number of halogens is 2. The predicted octanol–water partition coefficient (Wildman–Crippen LogP) is 5.85. The molecule has 0 spiro atoms. The number of carbonyl (C=O) groups excluding carboxylic acids is 2. The summed E-state index contributed by atoms with van der Waals surface area (Å²) < 4.78 is 5.75. The van der Waals surface area contributed by atoms with Crippen molar-refractivity contribution in [1.29, 1.82) is 0 Å². The molecule has 0 bridgehead atoms. The zero-order valence-corrected chi connectivity index (χ0v) is 21.6. The maximum absolute atomic E-state index is 13.6. The first kappa shape index (κ1) is 26.6. The summed E-state index contributed by atoms with van der Waals surface area (Å²) in [5.41, 5.74) is 2.95. The fraction of sp³-hybridized carbons (Fsp3) is 0.286. The Hall–Kier alpha value is -3.02. The topological polar surface area (TPSA) is 58.6 Å². The molecule has 184 valence electrons. The van der Waals surface area contributed by atoms with Crippen molar-refractivity contribution in [3.05, 3.63) is 99.5 Å². The third-order valence-corrected chi connectivity index (χ3v) is 6.08. The molecular formula is C28H30Cl2N2O3. The van der Waals surface area contributed by atoms with Crippen LogP contribution in [0.3, 0.4) is 0 Å². The van der Waals surface area contributed by atoms with E-state index >= 15 is 0 Å². The first-order valence-electron chi connectivity index (χ1n) is 11.5. The van der Waals surface area contributed by atoms with Crippen molar-refractivity contribution in [1.82, 2.24) is 10.2 Å². The molecule has 2 amide bonds. The molecule has 5 nitrogen and oxygen atoms in total. The van der Waals surface area contributed by atoms with Gasteiger partial charge < -0.3 is 15.0 Å². The average Bonchev–Trinajstić information content (AvgIpc) is 2.82. The highest BCUT2D eigenvalue weighted by Crippen LogP contribution is 2.27. The van der Waals surface area contributed by atoms with Crippen molar-refractivity contribution in [2.75, 3.05) is 6.61 Å². The van der Waals surface area contributed by atoms with Crippen LogP contribution in [0.15, 0.2) is 72.8 Å². The van der Waals surface area contributed by atoms with Gasteiger partial charge in [0.25, 0.3) is 5.91 Å². The highest BCUT2D eigenvalue weighted by molar-refractivity contribution is 6.35. The van der Waals surface area contributed by atoms with Crippen LogP contribution in [-0.2, 0) is 22.6 Å². The number of nitrogens with one attached hydrogen (secondary N) is 1. The van der Waals surface area contributed by atoms with Crippen molar-refractivity contribution >= 4 is 35.0 Å². The van der Waals surface area contributed by atoms with Gasteiger partial charge in [-0.25, -0.2) is 0 Å². The molecule has 0 aliphatic rings. The summed E-state index contributed by atoms with van der Waals surface area (Å²) in [5.74, 6) is -0.180. The van der Waals surface area contributed by atoms with E-state index in [1.165, 1.54) is 0 Å². The van der Waals surface area contributed by atoms with E-state index in [-0.39, 0.29) is 31.0 Å². The molecule has 0 fully saturated rings. The molecule has 0 saturated carbocycles. The summed E-state index contributed by atoms with van der Waals surface area (Å²) in [6.07, 6.45) is 0.374. The van der Waals surface area contributed by atoms with Gasteiger partial charge in [0.1, 0.15) is 11.8 Å². The first-order valence-corrected chi connectivity index (χ1v) is 12.3. The van der Waals surface area contributed by atoms with Crippen molar-refractivity contribution in [3.8, 4) is 5.75 Å². The van der Waals surface area contributed by atoms with Gasteiger partial charge >= 0.3 is 0 Å². The molecule has 35 heavy (non-hydrogen) atoms. The monoisotopic (exact) mass is 512 g/mol. The quantitative estimate of drug-likeness (QED) is 0.370. The van der Waals surface area contributed by atoms with Crippen LogP contribution in [0.1, 0.15) is 30.5 Å². The van der Waals surface area contributed by atoms with Gasteiger partial charge in [-0.1, -0.05) is 77.8 Å². The number of nitrogens with zero attached hydrogens (tertiary/aromatic N) is 1. The number of hydrogen-bond acceptors (Lipinski definition) is 3. The number of ether oxygens (including phenoxy) is 1. The maximum atomic E-state index is 13.6. The lowest BCUT2D eigenvalue weighted by Gasteiger charge is -2.32. The van der Waals surface area contributed by atoms with Crippen LogP contribution < -0.4 is 10.1 Å². The summed E-state index contributed by atoms with van der Waals surface area (Å²) in [5, 5.41) is 3.77. The minimum atomic E-state index is -0.726. The molecule has 3 rings (SSSR count). The molecule has 0 unspecified atom stereocenters. The van der Waals surface area contributed by atoms with Crippen molar-refractivity contribution < 1.29 is 14.3 Å². The van der Waals surface area contributed by atoms with E-state index in [2.05, 4.69) is 5.32 Å². The van der Waals surface area contributed by atoms with Crippen LogP contribution in [0.25, 0.3) is 0 Å². The zero-order chi connectivity index (χ0) is 25.4. The normalized spacial score (nSPS) is 11.7. The molecule has 0 aliphatic carbocycles. The Kier molecular flexibility index (Phi) is 9.58. The smallest absolute Gasteiger partial charge is 0.261 e. The van der Waals surface area contributed by atoms with Gasteiger partial charge in [-0.05, 0) is 55.7 Å². The van der Waals surface area contributed by atoms with E-state index < -0.39 is 6.04 Å². The second-order valence-corrected chi connectivity index (χ2v) is 9.52. The predicted molar refractivity (Wildman–Crippen MR) is 141 cm³/mol. The standard InChI is InChI=1S/C28H30Cl2N2O3/c1-19(2)31-28(34)25(15-21-10-5-4-6-11-21)32(17-22-12-8-7-9-20(22)3)27(33)18-35-26-14-13-23(29)16-24(26)30/h4-14,16,19,25H,15,17-18H2,1-3H3,(H,31,34)/t25-/m1/s1. The van der Waals surface area contributed by atoms with Crippen LogP contribution in [0.2, 0.25) is 10.0 Å². The number of hydrogen-bond donors (Lipinski definition) is 1. The number of benzene rings is 3. The van der Waals surface area contributed by atoms with Gasteiger partial charge in [0.05, 0.1) is 5.02 Å². The lowest BCUT2D eigenvalue weighted by atomic mass is 10.0. The van der Waals surface area contributed by atoms with Crippen molar-refractivity contribution in [3.63, 3.8) is 0 Å². The van der Waals surface area contributed by atoms with E-state index in [1.807, 2.05) is 75.4 Å². The van der Waals surface area contributed by atoms with Crippen molar-refractivity contribution in [2.24, 2.45) is 0 Å². The lowest BCUT2D eigenvalue weighted by molar-refractivity contribution is -0.143. The Bertz CT molecular complexity index is 1150. The zero-order valence-electron chi connectivity index (χ0n) is 20.1. The van der Waals surface area contributed by atoms with Gasteiger partial charge in [-0.2, -0.15) is 0 Å².